The molecule has 5 rings (SSSR count). The Hall–Kier alpha value is -5.58. The standard InChI is InChI=1S/C48H56O10/c1-29(2)47(51)57-15-13-55-45-39-21-33(7)22-40(45)26-36-18-32(6)20-38(44(36)54-12-10-50)28-42-24-34(8)23-41(46(42)56-14-16-58-48(52)30(3)4)27-37-19-31(5)17-35(25-39)43(37)53-11-9-49/h17-24,49-50H,1,3,9-16,25-28H2,2,4-8H3. The molecule has 0 saturated heterocycles. The van der Waals surface area contributed by atoms with E-state index in [0.717, 1.165) is 66.8 Å². The van der Waals surface area contributed by atoms with Gasteiger partial charge >= 0.3 is 11.9 Å². The molecule has 0 heterocycles. The highest BCUT2D eigenvalue weighted by molar-refractivity contribution is 5.87. The molecule has 58 heavy (non-hydrogen) atoms. The monoisotopic (exact) mass is 792 g/mol. The van der Waals surface area contributed by atoms with E-state index >= 15 is 0 Å². The van der Waals surface area contributed by atoms with E-state index in [4.69, 9.17) is 28.4 Å². The highest BCUT2D eigenvalue weighted by Crippen LogP contribution is 2.40. The summed E-state index contributed by atoms with van der Waals surface area (Å²) in [4.78, 5) is 24.4. The molecular formula is C48H56O10. The number of rotatable bonds is 16. The smallest absolute Gasteiger partial charge is 0.333 e. The van der Waals surface area contributed by atoms with Crippen molar-refractivity contribution in [3.63, 3.8) is 0 Å². The van der Waals surface area contributed by atoms with E-state index in [2.05, 4.69) is 75.5 Å². The first-order valence-corrected chi connectivity index (χ1v) is 19.7. The van der Waals surface area contributed by atoms with Crippen molar-refractivity contribution in [2.45, 2.75) is 67.2 Å². The van der Waals surface area contributed by atoms with Crippen LogP contribution < -0.4 is 18.9 Å². The second-order valence-corrected chi connectivity index (χ2v) is 15.0. The molecule has 8 bridgehead atoms. The first-order chi connectivity index (χ1) is 27.8. The Kier molecular flexibility index (Phi) is 15.2. The predicted molar refractivity (Wildman–Crippen MR) is 224 cm³/mol. The summed E-state index contributed by atoms with van der Waals surface area (Å²) in [6, 6.07) is 16.8. The van der Waals surface area contributed by atoms with Crippen molar-refractivity contribution in [1.29, 1.82) is 0 Å². The number of carbonyl (C=O) groups is 2. The molecule has 0 amide bonds. The van der Waals surface area contributed by atoms with Crippen molar-refractivity contribution >= 4 is 11.9 Å². The van der Waals surface area contributed by atoms with E-state index in [9.17, 15) is 19.8 Å². The van der Waals surface area contributed by atoms with Gasteiger partial charge in [-0.25, -0.2) is 9.59 Å². The third-order valence-electron chi connectivity index (χ3n) is 9.57. The average molecular weight is 793 g/mol. The minimum atomic E-state index is -0.481. The lowest BCUT2D eigenvalue weighted by Crippen LogP contribution is -2.15. The van der Waals surface area contributed by atoms with Gasteiger partial charge in [-0.1, -0.05) is 83.9 Å². The first-order valence-electron chi connectivity index (χ1n) is 19.7. The summed E-state index contributed by atoms with van der Waals surface area (Å²) in [6.45, 7) is 19.0. The van der Waals surface area contributed by atoms with E-state index in [-0.39, 0.29) is 52.9 Å². The predicted octanol–water partition coefficient (Wildman–Crippen LogP) is 7.34. The molecule has 0 fully saturated rings. The van der Waals surface area contributed by atoms with Crippen molar-refractivity contribution in [2.75, 3.05) is 52.9 Å². The summed E-state index contributed by atoms with van der Waals surface area (Å²) in [5, 5.41) is 19.9. The number of aliphatic hydroxyl groups excluding tert-OH is 2. The molecule has 0 unspecified atom stereocenters. The Balaban J connectivity index is 1.74. The van der Waals surface area contributed by atoms with E-state index in [1.165, 1.54) is 0 Å². The largest absolute Gasteiger partial charge is 0.491 e. The molecular weight excluding hydrogens is 737 g/mol. The second-order valence-electron chi connectivity index (χ2n) is 15.0. The molecule has 308 valence electrons. The minimum absolute atomic E-state index is 0.0370. The van der Waals surface area contributed by atoms with Crippen molar-refractivity contribution in [1.82, 2.24) is 0 Å². The maximum Gasteiger partial charge on any atom is 0.333 e. The summed E-state index contributed by atoms with van der Waals surface area (Å²) < 4.78 is 36.7. The van der Waals surface area contributed by atoms with Gasteiger partial charge in [-0.15, -0.1) is 0 Å². The lowest BCUT2D eigenvalue weighted by Gasteiger charge is -2.24. The van der Waals surface area contributed by atoms with Gasteiger partial charge in [-0.3, -0.25) is 0 Å². The van der Waals surface area contributed by atoms with Crippen molar-refractivity contribution in [3.05, 3.63) is 140 Å². The quantitative estimate of drug-likeness (QED) is 0.0595. The number of hydrogen-bond donors (Lipinski definition) is 2. The third-order valence-corrected chi connectivity index (χ3v) is 9.57. The lowest BCUT2D eigenvalue weighted by molar-refractivity contribution is -0.140. The number of benzene rings is 4. The number of aryl methyl sites for hydroxylation is 4. The van der Waals surface area contributed by atoms with Crippen LogP contribution in [0.1, 0.15) is 80.6 Å². The molecule has 4 aromatic rings. The molecule has 0 atom stereocenters. The molecule has 10 nitrogen and oxygen atoms in total. The van der Waals surface area contributed by atoms with Crippen molar-refractivity contribution in [2.24, 2.45) is 0 Å². The number of ether oxygens (including phenoxy) is 6. The van der Waals surface area contributed by atoms with Crippen LogP contribution in [0.3, 0.4) is 0 Å². The summed E-state index contributed by atoms with van der Waals surface area (Å²) in [7, 11) is 0. The summed E-state index contributed by atoms with van der Waals surface area (Å²) in [6.07, 6.45) is 1.76. The maximum atomic E-state index is 12.2. The Morgan fingerprint density at radius 1 is 0.448 bits per heavy atom. The molecule has 1 aliphatic rings. The highest BCUT2D eigenvalue weighted by atomic mass is 16.6. The molecule has 0 radical (unpaired) electrons. The molecule has 0 aromatic heterocycles. The molecule has 1 aliphatic carbocycles. The fraction of sp³-hybridized carbons (Fsp3) is 0.375. The molecule has 0 aliphatic heterocycles. The Labute approximate surface area is 342 Å². The Morgan fingerprint density at radius 2 is 0.672 bits per heavy atom. The van der Waals surface area contributed by atoms with Crippen LogP contribution >= 0.6 is 0 Å². The van der Waals surface area contributed by atoms with Gasteiger partial charge < -0.3 is 38.6 Å². The zero-order valence-corrected chi connectivity index (χ0v) is 34.7. The molecule has 0 spiro atoms. The van der Waals surface area contributed by atoms with Crippen LogP contribution in [-0.2, 0) is 44.7 Å². The molecule has 2 N–H and O–H groups in total. The van der Waals surface area contributed by atoms with Crippen LogP contribution in [-0.4, -0.2) is 75.0 Å². The van der Waals surface area contributed by atoms with Crippen LogP contribution in [0.15, 0.2) is 72.8 Å². The van der Waals surface area contributed by atoms with E-state index in [0.29, 0.717) is 59.8 Å². The lowest BCUT2D eigenvalue weighted by atomic mass is 9.88. The average Bonchev–Trinajstić information content (AvgIpc) is 3.15. The van der Waals surface area contributed by atoms with Gasteiger partial charge in [0.05, 0.1) is 13.2 Å². The molecule has 4 aromatic carbocycles. The Bertz CT molecular complexity index is 1910. The van der Waals surface area contributed by atoms with E-state index in [1.807, 2.05) is 13.8 Å². The minimum Gasteiger partial charge on any atom is -0.491 e. The van der Waals surface area contributed by atoms with Crippen LogP contribution in [0.25, 0.3) is 0 Å². The maximum absolute atomic E-state index is 12.2. The first kappa shape index (κ1) is 43.5. The number of aliphatic hydroxyl groups is 2. The summed E-state index contributed by atoms with van der Waals surface area (Å²) >= 11 is 0. The van der Waals surface area contributed by atoms with E-state index in [1.54, 1.807) is 13.8 Å². The summed E-state index contributed by atoms with van der Waals surface area (Å²) in [5.74, 6) is 1.71. The van der Waals surface area contributed by atoms with Crippen molar-refractivity contribution in [3.8, 4) is 23.0 Å². The van der Waals surface area contributed by atoms with E-state index < -0.39 is 11.9 Å². The van der Waals surface area contributed by atoms with Gasteiger partial charge in [0.15, 0.2) is 0 Å². The molecule has 10 heteroatoms. The zero-order valence-electron chi connectivity index (χ0n) is 34.7. The fourth-order valence-electron chi connectivity index (χ4n) is 7.43. The van der Waals surface area contributed by atoms with Gasteiger partial charge in [0.2, 0.25) is 0 Å². The Morgan fingerprint density at radius 3 is 0.879 bits per heavy atom. The normalized spacial score (nSPS) is 12.0. The number of carbonyl (C=O) groups excluding carboxylic acids is 2. The van der Waals surface area contributed by atoms with Gasteiger partial charge in [0.1, 0.15) is 62.6 Å². The van der Waals surface area contributed by atoms with Crippen LogP contribution in [0.5, 0.6) is 23.0 Å². The topological polar surface area (TPSA) is 130 Å². The SMILES string of the molecule is C=C(C)C(=O)OCCOc1c2cc(C)cc1Cc1cc(C)cc(c1OCCO)Cc1cc(C)cc(c1OCCOC(=O)C(=C)C)Cc1cc(C)cc(c1OCCO)C2. The molecule has 0 saturated carbocycles. The number of esters is 2. The van der Waals surface area contributed by atoms with Gasteiger partial charge in [-0.2, -0.15) is 0 Å². The van der Waals surface area contributed by atoms with Gasteiger partial charge in [0, 0.05) is 36.8 Å². The third kappa shape index (κ3) is 11.3. The second kappa shape index (κ2) is 20.2. The summed E-state index contributed by atoms with van der Waals surface area (Å²) in [5.41, 5.74) is 12.1. The van der Waals surface area contributed by atoms with Gasteiger partial charge in [-0.05, 0) is 86.1 Å². The highest BCUT2D eigenvalue weighted by Gasteiger charge is 2.24. The van der Waals surface area contributed by atoms with Crippen LogP contribution in [0.4, 0.5) is 0 Å². The van der Waals surface area contributed by atoms with Crippen LogP contribution in [0.2, 0.25) is 0 Å². The number of hydrogen-bond acceptors (Lipinski definition) is 10. The van der Waals surface area contributed by atoms with Crippen molar-refractivity contribution < 1.29 is 48.2 Å². The number of fused-ring (bicyclic) bond motifs is 8. The fourth-order valence-corrected chi connectivity index (χ4v) is 7.43. The van der Waals surface area contributed by atoms with Gasteiger partial charge in [0.25, 0.3) is 0 Å². The zero-order chi connectivity index (χ0) is 41.9. The van der Waals surface area contributed by atoms with Crippen LogP contribution in [0, 0.1) is 27.7 Å².